The van der Waals surface area contributed by atoms with E-state index in [1.165, 1.54) is 12.8 Å². The standard InChI is InChI=1S/C25H36FN3O4/c26-18-11-16-22-24(21(18)27-12-14-4-5-14)33-20-10-15(30)6-7-19(20)29(22)13-17(23(16)31)25(32)28-8-2-1-3-9-28/h13-16,18-22,24,27,30H,1-12H2. The van der Waals surface area contributed by atoms with Gasteiger partial charge in [0.2, 0.25) is 0 Å². The molecule has 0 bridgehead atoms. The minimum Gasteiger partial charge on any atom is -0.393 e. The van der Waals surface area contributed by atoms with Crippen molar-refractivity contribution in [2.24, 2.45) is 11.8 Å². The summed E-state index contributed by atoms with van der Waals surface area (Å²) in [6, 6.07) is -0.708. The first-order valence-corrected chi connectivity index (χ1v) is 13.0. The zero-order valence-corrected chi connectivity index (χ0v) is 19.2. The van der Waals surface area contributed by atoms with Gasteiger partial charge in [-0.2, -0.15) is 0 Å². The lowest BCUT2D eigenvalue weighted by Gasteiger charge is -2.59. The summed E-state index contributed by atoms with van der Waals surface area (Å²) in [6.45, 7) is 2.14. The number of likely N-dealkylation sites (tertiary alicyclic amines) is 1. The van der Waals surface area contributed by atoms with Crippen LogP contribution in [0.15, 0.2) is 11.8 Å². The van der Waals surface area contributed by atoms with Crippen LogP contribution in [0.25, 0.3) is 0 Å². The molecule has 3 aliphatic carbocycles. The Labute approximate surface area is 194 Å². The van der Waals surface area contributed by atoms with Crippen molar-refractivity contribution in [1.82, 2.24) is 15.1 Å². The molecule has 6 aliphatic rings. The molecule has 3 saturated carbocycles. The Bertz CT molecular complexity index is 826. The van der Waals surface area contributed by atoms with E-state index in [1.54, 1.807) is 11.1 Å². The summed E-state index contributed by atoms with van der Waals surface area (Å²) in [4.78, 5) is 30.9. The number of amides is 1. The Balaban J connectivity index is 1.34. The molecule has 0 spiro atoms. The van der Waals surface area contributed by atoms with Crippen LogP contribution < -0.4 is 5.32 Å². The second-order valence-electron chi connectivity index (χ2n) is 11.1. The SMILES string of the molecule is O=C1C(C(=O)N2CCCCC2)=CN2C3CCC(O)CC3OC3C(NCC4CC4)C(F)CC1C32. The average molecular weight is 462 g/mol. The molecule has 7 nitrogen and oxygen atoms in total. The summed E-state index contributed by atoms with van der Waals surface area (Å²) in [6.07, 6.45) is 6.95. The Morgan fingerprint density at radius 1 is 1.15 bits per heavy atom. The second kappa shape index (κ2) is 8.61. The monoisotopic (exact) mass is 461 g/mol. The molecule has 182 valence electrons. The lowest BCUT2D eigenvalue weighted by molar-refractivity contribution is -0.205. The number of aliphatic hydroxyl groups is 1. The van der Waals surface area contributed by atoms with Gasteiger partial charge in [-0.15, -0.1) is 0 Å². The van der Waals surface area contributed by atoms with E-state index in [-0.39, 0.29) is 41.9 Å². The number of carbonyl (C=O) groups excluding carboxylic acids is 2. The first-order valence-electron chi connectivity index (χ1n) is 13.0. The second-order valence-corrected chi connectivity index (χ2v) is 11.1. The van der Waals surface area contributed by atoms with E-state index in [2.05, 4.69) is 10.2 Å². The van der Waals surface area contributed by atoms with Crippen LogP contribution in [0, 0.1) is 11.8 Å². The van der Waals surface area contributed by atoms with Crippen LogP contribution in [0.5, 0.6) is 0 Å². The van der Waals surface area contributed by atoms with Gasteiger partial charge in [-0.3, -0.25) is 9.59 Å². The molecule has 2 saturated heterocycles. The van der Waals surface area contributed by atoms with E-state index < -0.39 is 30.3 Å². The van der Waals surface area contributed by atoms with Gasteiger partial charge in [-0.25, -0.2) is 4.39 Å². The molecule has 8 atom stereocenters. The summed E-state index contributed by atoms with van der Waals surface area (Å²) in [5, 5.41) is 13.7. The van der Waals surface area contributed by atoms with E-state index in [4.69, 9.17) is 4.74 Å². The number of carbonyl (C=O) groups is 2. The Kier molecular flexibility index (Phi) is 5.74. The van der Waals surface area contributed by atoms with E-state index in [9.17, 15) is 14.7 Å². The van der Waals surface area contributed by atoms with E-state index in [0.29, 0.717) is 31.8 Å². The van der Waals surface area contributed by atoms with E-state index in [1.807, 2.05) is 0 Å². The van der Waals surface area contributed by atoms with E-state index >= 15 is 4.39 Å². The van der Waals surface area contributed by atoms with Gasteiger partial charge >= 0.3 is 0 Å². The number of morpholine rings is 1. The van der Waals surface area contributed by atoms with Crippen LogP contribution in [-0.4, -0.2) is 88.8 Å². The van der Waals surface area contributed by atoms with Crippen molar-refractivity contribution >= 4 is 11.7 Å². The van der Waals surface area contributed by atoms with Crippen molar-refractivity contribution < 1.29 is 23.8 Å². The van der Waals surface area contributed by atoms with Crippen LogP contribution in [0.3, 0.4) is 0 Å². The third-order valence-corrected chi connectivity index (χ3v) is 8.85. The molecule has 33 heavy (non-hydrogen) atoms. The zero-order chi connectivity index (χ0) is 22.7. The number of nitrogens with one attached hydrogen (secondary N) is 1. The molecule has 0 radical (unpaired) electrons. The third-order valence-electron chi connectivity index (χ3n) is 8.85. The minimum atomic E-state index is -1.20. The fourth-order valence-electron chi connectivity index (χ4n) is 6.87. The van der Waals surface area contributed by atoms with Crippen LogP contribution >= 0.6 is 0 Å². The number of fused-ring (bicyclic) bond motifs is 2. The molecule has 6 rings (SSSR count). The van der Waals surface area contributed by atoms with Crippen molar-refractivity contribution in [1.29, 1.82) is 0 Å². The smallest absolute Gasteiger partial charge is 0.258 e. The van der Waals surface area contributed by atoms with Crippen LogP contribution in [0.2, 0.25) is 0 Å². The van der Waals surface area contributed by atoms with Crippen molar-refractivity contribution in [2.75, 3.05) is 19.6 Å². The highest BCUT2D eigenvalue weighted by Crippen LogP contribution is 2.46. The molecule has 0 aromatic carbocycles. The van der Waals surface area contributed by atoms with Gasteiger partial charge in [0.25, 0.3) is 5.91 Å². The number of hydrogen-bond donors (Lipinski definition) is 2. The van der Waals surface area contributed by atoms with Crippen molar-refractivity contribution in [3.8, 4) is 0 Å². The molecule has 0 aromatic rings. The molecule has 2 N–H and O–H groups in total. The Hall–Kier alpha value is -1.51. The Morgan fingerprint density at radius 2 is 1.94 bits per heavy atom. The highest BCUT2D eigenvalue weighted by Gasteiger charge is 2.59. The molecular weight excluding hydrogens is 425 g/mol. The number of hydrogen-bond acceptors (Lipinski definition) is 6. The lowest BCUT2D eigenvalue weighted by Crippen LogP contribution is -2.73. The van der Waals surface area contributed by atoms with Gasteiger partial charge < -0.3 is 25.0 Å². The van der Waals surface area contributed by atoms with Crippen LogP contribution in [0.1, 0.15) is 57.8 Å². The maximum absolute atomic E-state index is 15.6. The number of halogens is 1. The van der Waals surface area contributed by atoms with Gasteiger partial charge in [-0.05, 0) is 63.8 Å². The summed E-state index contributed by atoms with van der Waals surface area (Å²) in [5.74, 6) is -0.359. The third kappa shape index (κ3) is 3.92. The van der Waals surface area contributed by atoms with Crippen LogP contribution in [0.4, 0.5) is 4.39 Å². The predicted octanol–water partition coefficient (Wildman–Crippen LogP) is 1.54. The number of nitrogens with zero attached hydrogens (tertiary/aromatic N) is 2. The summed E-state index contributed by atoms with van der Waals surface area (Å²) >= 11 is 0. The van der Waals surface area contributed by atoms with Gasteiger partial charge in [0.05, 0.1) is 42.0 Å². The number of aliphatic hydroxyl groups excluding tert-OH is 1. The number of alkyl halides is 1. The van der Waals surface area contributed by atoms with Crippen molar-refractivity contribution in [3.05, 3.63) is 11.8 Å². The molecule has 8 heteroatoms. The fourth-order valence-corrected chi connectivity index (χ4v) is 6.87. The highest BCUT2D eigenvalue weighted by molar-refractivity contribution is 6.20. The first-order chi connectivity index (χ1) is 16.0. The highest BCUT2D eigenvalue weighted by atomic mass is 19.1. The number of Topliss-reactive ketones (excluding diaryl/α,β-unsaturated/α-hetero) is 1. The molecule has 3 aliphatic heterocycles. The summed E-state index contributed by atoms with van der Waals surface area (Å²) in [5.41, 5.74) is 0.222. The lowest BCUT2D eigenvalue weighted by atomic mass is 9.69. The maximum atomic E-state index is 15.6. The van der Waals surface area contributed by atoms with E-state index in [0.717, 1.165) is 32.2 Å². The largest absolute Gasteiger partial charge is 0.393 e. The number of ether oxygens (including phenoxy) is 1. The topological polar surface area (TPSA) is 82.1 Å². The summed E-state index contributed by atoms with van der Waals surface area (Å²) < 4.78 is 22.1. The molecule has 1 amide bonds. The number of ketones is 1. The number of piperidine rings is 1. The zero-order valence-electron chi connectivity index (χ0n) is 19.2. The first kappa shape index (κ1) is 22.0. The Morgan fingerprint density at radius 3 is 2.70 bits per heavy atom. The molecule has 3 heterocycles. The minimum absolute atomic E-state index is 0.00893. The van der Waals surface area contributed by atoms with Gasteiger partial charge in [-0.1, -0.05) is 0 Å². The average Bonchev–Trinajstić information content (AvgIpc) is 3.64. The molecule has 0 aromatic heterocycles. The van der Waals surface area contributed by atoms with Crippen molar-refractivity contribution in [2.45, 2.75) is 100 Å². The van der Waals surface area contributed by atoms with Crippen LogP contribution in [-0.2, 0) is 14.3 Å². The molecule has 5 fully saturated rings. The van der Waals surface area contributed by atoms with Crippen molar-refractivity contribution in [3.63, 3.8) is 0 Å². The molecule has 8 unspecified atom stereocenters. The molecular formula is C25H36FN3O4. The predicted molar refractivity (Wildman–Crippen MR) is 119 cm³/mol. The summed E-state index contributed by atoms with van der Waals surface area (Å²) in [7, 11) is 0. The normalized spacial score (nSPS) is 43.0. The quantitative estimate of drug-likeness (QED) is 0.619. The van der Waals surface area contributed by atoms with Gasteiger partial charge in [0.1, 0.15) is 6.17 Å². The van der Waals surface area contributed by atoms with Gasteiger partial charge in [0.15, 0.2) is 5.78 Å². The maximum Gasteiger partial charge on any atom is 0.258 e. The number of rotatable bonds is 4. The fraction of sp³-hybridized carbons (Fsp3) is 0.840. The van der Waals surface area contributed by atoms with Gasteiger partial charge in [0, 0.05) is 31.6 Å².